The van der Waals surface area contributed by atoms with Crippen LogP contribution in [0.25, 0.3) is 0 Å². The van der Waals surface area contributed by atoms with E-state index < -0.39 is 15.8 Å². The molecule has 0 aromatic carbocycles. The van der Waals surface area contributed by atoms with Gasteiger partial charge >= 0.3 is 5.97 Å². The molecule has 0 unspecified atom stereocenters. The van der Waals surface area contributed by atoms with Gasteiger partial charge in [0.25, 0.3) is 0 Å². The Morgan fingerprint density at radius 3 is 2.48 bits per heavy atom. The topological polar surface area (TPSA) is 87.6 Å². The summed E-state index contributed by atoms with van der Waals surface area (Å²) in [7, 11) is -2.99. The van der Waals surface area contributed by atoms with Crippen LogP contribution in [0.3, 0.4) is 0 Å². The van der Waals surface area contributed by atoms with E-state index in [1.54, 1.807) is 0 Å². The molecule has 0 radical (unpaired) electrons. The molecular weight excluding hydrogens is 312 g/mol. The molecule has 0 amide bonds. The normalized spacial score (nSPS) is 19.3. The number of aromatic carboxylic acids is 1. The number of aromatic nitrogens is 1. The number of anilines is 1. The Morgan fingerprint density at radius 1 is 1.29 bits per heavy atom. The second kappa shape index (κ2) is 5.57. The van der Waals surface area contributed by atoms with Gasteiger partial charge in [-0.25, -0.2) is 18.2 Å². The molecule has 0 spiro atoms. The van der Waals surface area contributed by atoms with Gasteiger partial charge in [0.05, 0.1) is 17.2 Å². The Kier molecular flexibility index (Phi) is 4.30. The summed E-state index contributed by atoms with van der Waals surface area (Å²) in [5.41, 5.74) is 0.197. The van der Waals surface area contributed by atoms with Crippen molar-refractivity contribution in [2.75, 3.05) is 29.5 Å². The number of carboxylic acids is 1. The molecule has 8 heteroatoms. The molecule has 1 fully saturated rings. The molecule has 1 aliphatic rings. The number of rotatable bonds is 2. The fourth-order valence-corrected chi connectivity index (χ4v) is 4.67. The number of carbonyl (C=O) groups is 1. The van der Waals surface area contributed by atoms with Crippen molar-refractivity contribution in [2.45, 2.75) is 32.6 Å². The molecule has 0 bridgehead atoms. The Bertz CT molecular complexity index is 644. The van der Waals surface area contributed by atoms with Gasteiger partial charge in [-0.2, -0.15) is 0 Å². The number of nitrogens with zero attached hydrogens (tertiary/aromatic N) is 2. The van der Waals surface area contributed by atoms with E-state index in [1.165, 1.54) is 0 Å². The van der Waals surface area contributed by atoms with E-state index in [-0.39, 0.29) is 21.8 Å². The Morgan fingerprint density at radius 2 is 1.95 bits per heavy atom. The molecular formula is C13H20N2O4S2. The van der Waals surface area contributed by atoms with Crippen LogP contribution in [0.4, 0.5) is 5.13 Å². The van der Waals surface area contributed by atoms with Crippen molar-refractivity contribution in [1.82, 2.24) is 4.98 Å². The minimum atomic E-state index is -2.99. The van der Waals surface area contributed by atoms with Crippen molar-refractivity contribution in [2.24, 2.45) is 0 Å². The highest BCUT2D eigenvalue weighted by molar-refractivity contribution is 7.91. The monoisotopic (exact) mass is 332 g/mol. The lowest BCUT2D eigenvalue weighted by Crippen LogP contribution is -2.26. The summed E-state index contributed by atoms with van der Waals surface area (Å²) >= 11 is 1.13. The van der Waals surface area contributed by atoms with Gasteiger partial charge in [-0.05, 0) is 6.42 Å². The van der Waals surface area contributed by atoms with Crippen LogP contribution < -0.4 is 4.90 Å². The fourth-order valence-electron chi connectivity index (χ4n) is 2.23. The third kappa shape index (κ3) is 3.74. The molecule has 1 aromatic rings. The van der Waals surface area contributed by atoms with Gasteiger partial charge in [0.1, 0.15) is 4.88 Å². The highest BCUT2D eigenvalue weighted by Crippen LogP contribution is 2.34. The van der Waals surface area contributed by atoms with E-state index >= 15 is 0 Å². The highest BCUT2D eigenvalue weighted by atomic mass is 32.2. The van der Waals surface area contributed by atoms with Crippen molar-refractivity contribution in [1.29, 1.82) is 0 Å². The lowest BCUT2D eigenvalue weighted by atomic mass is 9.91. The zero-order valence-electron chi connectivity index (χ0n) is 12.4. The molecule has 21 heavy (non-hydrogen) atoms. The molecule has 1 aliphatic heterocycles. The first kappa shape index (κ1) is 16.2. The molecule has 2 rings (SSSR count). The van der Waals surface area contributed by atoms with E-state index in [0.717, 1.165) is 11.3 Å². The van der Waals surface area contributed by atoms with Gasteiger partial charge in [0, 0.05) is 18.5 Å². The summed E-state index contributed by atoms with van der Waals surface area (Å²) in [6.45, 7) is 6.73. The van der Waals surface area contributed by atoms with Gasteiger partial charge in [-0.1, -0.05) is 32.1 Å². The molecule has 2 heterocycles. The largest absolute Gasteiger partial charge is 0.477 e. The number of carboxylic acid groups (broad SMARTS) is 1. The Labute approximate surface area is 128 Å². The SMILES string of the molecule is CC(C)(C)c1nc(N2CCCS(=O)(=O)CC2)sc1C(=O)O. The molecule has 0 saturated carbocycles. The lowest BCUT2D eigenvalue weighted by Gasteiger charge is -2.19. The summed E-state index contributed by atoms with van der Waals surface area (Å²) in [5.74, 6) is -0.696. The van der Waals surface area contributed by atoms with Gasteiger partial charge < -0.3 is 10.0 Å². The van der Waals surface area contributed by atoms with Crippen LogP contribution in [0.5, 0.6) is 0 Å². The fraction of sp³-hybridized carbons (Fsp3) is 0.692. The predicted octanol–water partition coefficient (Wildman–Crippen LogP) is 1.76. The average Bonchev–Trinajstić information content (AvgIpc) is 2.70. The maximum Gasteiger partial charge on any atom is 0.347 e. The predicted molar refractivity (Wildman–Crippen MR) is 83.3 cm³/mol. The van der Waals surface area contributed by atoms with Crippen molar-refractivity contribution in [3.05, 3.63) is 10.6 Å². The van der Waals surface area contributed by atoms with Crippen LogP contribution in [0.1, 0.15) is 42.6 Å². The van der Waals surface area contributed by atoms with Crippen LogP contribution in [0.15, 0.2) is 0 Å². The third-order valence-corrected chi connectivity index (χ3v) is 6.17. The van der Waals surface area contributed by atoms with Gasteiger partial charge in [0.15, 0.2) is 15.0 Å². The van der Waals surface area contributed by atoms with Crippen molar-refractivity contribution in [3.63, 3.8) is 0 Å². The summed E-state index contributed by atoms with van der Waals surface area (Å²) in [6, 6.07) is 0. The second-order valence-electron chi connectivity index (χ2n) is 6.22. The van der Waals surface area contributed by atoms with Crippen LogP contribution >= 0.6 is 11.3 Å². The first-order valence-corrected chi connectivity index (χ1v) is 9.44. The van der Waals surface area contributed by atoms with Crippen LogP contribution in [-0.2, 0) is 15.3 Å². The van der Waals surface area contributed by atoms with E-state index in [4.69, 9.17) is 0 Å². The Balaban J connectivity index is 2.35. The van der Waals surface area contributed by atoms with Crippen molar-refractivity contribution < 1.29 is 18.3 Å². The van der Waals surface area contributed by atoms with Crippen molar-refractivity contribution >= 4 is 32.3 Å². The number of hydrogen-bond acceptors (Lipinski definition) is 6. The zero-order chi connectivity index (χ0) is 15.8. The maximum absolute atomic E-state index is 11.6. The van der Waals surface area contributed by atoms with Crippen LogP contribution in [0, 0.1) is 0 Å². The first-order valence-electron chi connectivity index (χ1n) is 6.80. The average molecular weight is 332 g/mol. The minimum Gasteiger partial charge on any atom is -0.477 e. The maximum atomic E-state index is 11.6. The summed E-state index contributed by atoms with van der Waals surface area (Å²) < 4.78 is 23.3. The molecule has 0 aliphatic carbocycles. The van der Waals surface area contributed by atoms with Crippen molar-refractivity contribution in [3.8, 4) is 0 Å². The van der Waals surface area contributed by atoms with Gasteiger partial charge in [-0.3, -0.25) is 0 Å². The smallest absolute Gasteiger partial charge is 0.347 e. The first-order chi connectivity index (χ1) is 9.60. The third-order valence-electron chi connectivity index (χ3n) is 3.35. The van der Waals surface area contributed by atoms with E-state index in [1.807, 2.05) is 25.7 Å². The number of hydrogen-bond donors (Lipinski definition) is 1. The molecule has 0 atom stereocenters. The molecule has 1 N–H and O–H groups in total. The number of sulfone groups is 1. The molecule has 1 saturated heterocycles. The zero-order valence-corrected chi connectivity index (χ0v) is 14.1. The van der Waals surface area contributed by atoms with Gasteiger partial charge in [-0.15, -0.1) is 0 Å². The quantitative estimate of drug-likeness (QED) is 0.888. The summed E-state index contributed by atoms with van der Waals surface area (Å²) in [4.78, 5) is 18.0. The molecule has 118 valence electrons. The number of thiazole rings is 1. The summed E-state index contributed by atoms with van der Waals surface area (Å²) in [6.07, 6.45) is 0.551. The Hall–Kier alpha value is -1.15. The second-order valence-corrected chi connectivity index (χ2v) is 9.50. The van der Waals surface area contributed by atoms with Crippen LogP contribution in [-0.4, -0.2) is 49.1 Å². The highest BCUT2D eigenvalue weighted by Gasteiger charge is 2.29. The van der Waals surface area contributed by atoms with E-state index in [2.05, 4.69) is 4.98 Å². The standard InChI is InChI=1S/C13H20N2O4S2/c1-13(2,3)10-9(11(16)17)20-12(14-10)15-5-4-7-21(18,19)8-6-15/h4-8H2,1-3H3,(H,16,17). The van der Waals surface area contributed by atoms with E-state index in [0.29, 0.717) is 30.3 Å². The molecule has 1 aromatic heterocycles. The molecule has 6 nitrogen and oxygen atoms in total. The lowest BCUT2D eigenvalue weighted by molar-refractivity contribution is 0.0699. The van der Waals surface area contributed by atoms with E-state index in [9.17, 15) is 18.3 Å². The van der Waals surface area contributed by atoms with Gasteiger partial charge in [0.2, 0.25) is 0 Å². The van der Waals surface area contributed by atoms with Crippen LogP contribution in [0.2, 0.25) is 0 Å². The minimum absolute atomic E-state index is 0.0971. The summed E-state index contributed by atoms with van der Waals surface area (Å²) in [5, 5.41) is 9.94.